The maximum atomic E-state index is 12.8. The van der Waals surface area contributed by atoms with Crippen LogP contribution in [0, 0.1) is 5.92 Å². The number of ether oxygens (including phenoxy) is 2. The van der Waals surface area contributed by atoms with Crippen molar-refractivity contribution in [2.75, 3.05) is 45.3 Å². The Labute approximate surface area is 177 Å². The van der Waals surface area contributed by atoms with Crippen molar-refractivity contribution in [1.82, 2.24) is 10.3 Å². The molecule has 1 fully saturated rings. The van der Waals surface area contributed by atoms with Crippen LogP contribution in [0.3, 0.4) is 0 Å². The van der Waals surface area contributed by atoms with E-state index in [4.69, 9.17) is 15.2 Å². The number of amidine groups is 1. The fourth-order valence-corrected chi connectivity index (χ4v) is 3.44. The summed E-state index contributed by atoms with van der Waals surface area (Å²) in [5.41, 5.74) is 6.21. The molecule has 0 radical (unpaired) electrons. The Balaban J connectivity index is 1.46. The van der Waals surface area contributed by atoms with E-state index < -0.39 is 0 Å². The van der Waals surface area contributed by atoms with Gasteiger partial charge in [0.05, 0.1) is 50.1 Å². The molecule has 1 aromatic carbocycles. The smallest absolute Gasteiger partial charge is 0.258 e. The molecule has 1 aliphatic heterocycles. The van der Waals surface area contributed by atoms with Gasteiger partial charge in [0, 0.05) is 20.0 Å². The maximum absolute atomic E-state index is 12.8. The van der Waals surface area contributed by atoms with Crippen molar-refractivity contribution >= 4 is 23.3 Å². The number of anilines is 1. The predicted octanol–water partition coefficient (Wildman–Crippen LogP) is 1.16. The third-order valence-corrected chi connectivity index (χ3v) is 5.14. The van der Waals surface area contributed by atoms with Crippen LogP contribution in [0.4, 0.5) is 5.69 Å². The van der Waals surface area contributed by atoms with Crippen molar-refractivity contribution in [3.05, 3.63) is 29.8 Å². The summed E-state index contributed by atoms with van der Waals surface area (Å²) in [5, 5.41) is 12.1. The molecule has 3 rings (SSSR count). The molecular weight excluding hydrogens is 386 g/mol. The van der Waals surface area contributed by atoms with Crippen LogP contribution in [0.1, 0.15) is 36.0 Å². The SMILES string of the molecule is CN1N=C(NC(=O)c2ccccc2NC(=O)CCOCCOCCN)CC1C1CC1. The van der Waals surface area contributed by atoms with E-state index in [0.29, 0.717) is 55.4 Å². The average Bonchev–Trinajstić information content (AvgIpc) is 3.50. The van der Waals surface area contributed by atoms with Gasteiger partial charge in [0.25, 0.3) is 5.91 Å². The minimum Gasteiger partial charge on any atom is -0.379 e. The molecule has 0 saturated heterocycles. The number of hydrogen-bond acceptors (Lipinski definition) is 7. The predicted molar refractivity (Wildman–Crippen MR) is 114 cm³/mol. The van der Waals surface area contributed by atoms with Crippen molar-refractivity contribution < 1.29 is 19.1 Å². The van der Waals surface area contributed by atoms with Crippen LogP contribution in [0.25, 0.3) is 0 Å². The number of hydrazone groups is 1. The molecule has 2 aliphatic rings. The lowest BCUT2D eigenvalue weighted by Crippen LogP contribution is -2.31. The highest BCUT2D eigenvalue weighted by Gasteiger charge is 2.38. The van der Waals surface area contributed by atoms with Crippen LogP contribution in [-0.4, -0.2) is 68.7 Å². The van der Waals surface area contributed by atoms with Crippen LogP contribution in [0.15, 0.2) is 29.4 Å². The summed E-state index contributed by atoms with van der Waals surface area (Å²) in [6.07, 6.45) is 3.39. The topological polar surface area (TPSA) is 118 Å². The van der Waals surface area contributed by atoms with E-state index in [1.165, 1.54) is 12.8 Å². The quantitative estimate of drug-likeness (QED) is 0.465. The minimum absolute atomic E-state index is 0.188. The standard InChI is InChI=1S/C21H31N5O4/c1-26-18(15-6-7-15)14-19(25-26)24-21(28)16-4-2-3-5-17(16)23-20(27)8-10-29-12-13-30-11-9-22/h2-5,15,18H,6-14,22H2,1H3,(H,23,27)(H,24,25,28). The van der Waals surface area contributed by atoms with Crippen molar-refractivity contribution in [1.29, 1.82) is 0 Å². The Kier molecular flexibility index (Phi) is 8.18. The number of nitrogens with one attached hydrogen (secondary N) is 2. The number of benzene rings is 1. The Morgan fingerprint density at radius 1 is 1.13 bits per heavy atom. The number of hydrogen-bond donors (Lipinski definition) is 3. The first-order valence-electron chi connectivity index (χ1n) is 10.4. The number of nitrogens with two attached hydrogens (primary N) is 1. The lowest BCUT2D eigenvalue weighted by molar-refractivity contribution is -0.117. The summed E-state index contributed by atoms with van der Waals surface area (Å²) in [6.45, 7) is 2.10. The second kappa shape index (κ2) is 11.1. The lowest BCUT2D eigenvalue weighted by Gasteiger charge is -2.16. The van der Waals surface area contributed by atoms with E-state index in [-0.39, 0.29) is 24.8 Å². The van der Waals surface area contributed by atoms with Crippen molar-refractivity contribution in [2.24, 2.45) is 16.8 Å². The summed E-state index contributed by atoms with van der Waals surface area (Å²) in [5.74, 6) is 0.854. The molecule has 0 aromatic heterocycles. The Hall–Kier alpha value is -2.49. The van der Waals surface area contributed by atoms with Gasteiger partial charge in [-0.1, -0.05) is 12.1 Å². The highest BCUT2D eigenvalue weighted by Crippen LogP contribution is 2.38. The number of para-hydroxylation sites is 1. The molecule has 1 saturated carbocycles. The van der Waals surface area contributed by atoms with Crippen LogP contribution in [-0.2, 0) is 14.3 Å². The first kappa shape index (κ1) is 22.2. The van der Waals surface area contributed by atoms with Crippen LogP contribution < -0.4 is 16.4 Å². The van der Waals surface area contributed by atoms with Gasteiger partial charge in [-0.2, -0.15) is 5.10 Å². The van der Waals surface area contributed by atoms with E-state index in [0.717, 1.165) is 6.42 Å². The zero-order valence-electron chi connectivity index (χ0n) is 17.4. The molecule has 1 atom stereocenters. The van der Waals surface area contributed by atoms with E-state index in [1.807, 2.05) is 12.1 Å². The molecule has 1 aromatic rings. The summed E-state index contributed by atoms with van der Waals surface area (Å²) in [4.78, 5) is 25.0. The molecule has 9 heteroatoms. The number of carbonyl (C=O) groups excluding carboxylic acids is 2. The second-order valence-electron chi connectivity index (χ2n) is 7.54. The van der Waals surface area contributed by atoms with Gasteiger partial charge in [-0.15, -0.1) is 0 Å². The van der Waals surface area contributed by atoms with Gasteiger partial charge in [-0.05, 0) is 30.9 Å². The third-order valence-electron chi connectivity index (χ3n) is 5.14. The minimum atomic E-state index is -0.275. The largest absolute Gasteiger partial charge is 0.379 e. The summed E-state index contributed by atoms with van der Waals surface area (Å²) < 4.78 is 10.6. The van der Waals surface area contributed by atoms with Gasteiger partial charge < -0.3 is 25.8 Å². The second-order valence-corrected chi connectivity index (χ2v) is 7.54. The van der Waals surface area contributed by atoms with Crippen molar-refractivity contribution in [2.45, 2.75) is 31.7 Å². The molecule has 1 unspecified atom stereocenters. The molecule has 9 nitrogen and oxygen atoms in total. The highest BCUT2D eigenvalue weighted by molar-refractivity contribution is 6.11. The molecule has 30 heavy (non-hydrogen) atoms. The van der Waals surface area contributed by atoms with Gasteiger partial charge in [0.1, 0.15) is 5.84 Å². The molecule has 2 amide bonds. The van der Waals surface area contributed by atoms with Crippen molar-refractivity contribution in [3.63, 3.8) is 0 Å². The first-order valence-corrected chi connectivity index (χ1v) is 10.4. The van der Waals surface area contributed by atoms with Gasteiger partial charge in [0.15, 0.2) is 0 Å². The zero-order chi connectivity index (χ0) is 21.3. The third kappa shape index (κ3) is 6.51. The number of nitrogens with zero attached hydrogens (tertiary/aromatic N) is 2. The van der Waals surface area contributed by atoms with Gasteiger partial charge in [-0.25, -0.2) is 0 Å². The number of amides is 2. The van der Waals surface area contributed by atoms with E-state index in [1.54, 1.807) is 24.3 Å². The lowest BCUT2D eigenvalue weighted by atomic mass is 10.1. The summed E-state index contributed by atoms with van der Waals surface area (Å²) in [7, 11) is 1.95. The molecule has 0 bridgehead atoms. The maximum Gasteiger partial charge on any atom is 0.258 e. The van der Waals surface area contributed by atoms with Gasteiger partial charge in [-0.3, -0.25) is 14.6 Å². The van der Waals surface area contributed by atoms with E-state index >= 15 is 0 Å². The van der Waals surface area contributed by atoms with Gasteiger partial charge >= 0.3 is 0 Å². The Morgan fingerprint density at radius 2 is 1.87 bits per heavy atom. The number of rotatable bonds is 11. The van der Waals surface area contributed by atoms with Crippen molar-refractivity contribution in [3.8, 4) is 0 Å². The Bertz CT molecular complexity index is 766. The van der Waals surface area contributed by atoms with E-state index in [2.05, 4.69) is 15.7 Å². The zero-order valence-corrected chi connectivity index (χ0v) is 17.4. The molecule has 0 spiro atoms. The fraction of sp³-hybridized carbons (Fsp3) is 0.571. The Morgan fingerprint density at radius 3 is 2.60 bits per heavy atom. The van der Waals surface area contributed by atoms with Crippen LogP contribution >= 0.6 is 0 Å². The molecule has 4 N–H and O–H groups in total. The first-order chi connectivity index (χ1) is 14.6. The monoisotopic (exact) mass is 417 g/mol. The van der Waals surface area contributed by atoms with Gasteiger partial charge in [0.2, 0.25) is 5.91 Å². The normalized spacial score (nSPS) is 18.3. The fourth-order valence-electron chi connectivity index (χ4n) is 3.44. The molecular formula is C21H31N5O4. The molecule has 1 heterocycles. The van der Waals surface area contributed by atoms with Crippen LogP contribution in [0.2, 0.25) is 0 Å². The molecule has 1 aliphatic carbocycles. The highest BCUT2D eigenvalue weighted by atomic mass is 16.5. The van der Waals surface area contributed by atoms with E-state index in [9.17, 15) is 9.59 Å². The summed E-state index contributed by atoms with van der Waals surface area (Å²) in [6, 6.07) is 7.32. The molecule has 164 valence electrons. The summed E-state index contributed by atoms with van der Waals surface area (Å²) >= 11 is 0. The average molecular weight is 418 g/mol. The van der Waals surface area contributed by atoms with Crippen LogP contribution in [0.5, 0.6) is 0 Å². The number of carbonyl (C=O) groups is 2.